The highest BCUT2D eigenvalue weighted by Crippen LogP contribution is 2.37. The summed E-state index contributed by atoms with van der Waals surface area (Å²) >= 11 is 1.73. The zero-order valence-electron chi connectivity index (χ0n) is 11.8. The van der Waals surface area contributed by atoms with E-state index in [-0.39, 0.29) is 18.1 Å². The quantitative estimate of drug-likeness (QED) is 0.921. The molecule has 3 atom stereocenters. The standard InChI is InChI=1S/C14H22N2O3S/c1-18-12(9-5-3-2-4-6-9)13-15-14(19-16-13)10-7-20-8-11(10)17/h9-12,17H,2-8H2,1H3. The van der Waals surface area contributed by atoms with Crippen molar-refractivity contribution in [2.75, 3.05) is 18.6 Å². The first-order valence-electron chi connectivity index (χ1n) is 7.41. The molecular weight excluding hydrogens is 276 g/mol. The Balaban J connectivity index is 1.73. The van der Waals surface area contributed by atoms with Gasteiger partial charge in [-0.2, -0.15) is 16.7 Å². The predicted molar refractivity (Wildman–Crippen MR) is 76.7 cm³/mol. The Bertz CT molecular complexity index is 434. The van der Waals surface area contributed by atoms with E-state index >= 15 is 0 Å². The molecule has 1 aromatic rings. The summed E-state index contributed by atoms with van der Waals surface area (Å²) in [7, 11) is 1.72. The number of aromatic nitrogens is 2. The summed E-state index contributed by atoms with van der Waals surface area (Å²) in [5.41, 5.74) is 0. The van der Waals surface area contributed by atoms with Crippen molar-refractivity contribution in [3.8, 4) is 0 Å². The summed E-state index contributed by atoms with van der Waals surface area (Å²) in [5, 5.41) is 14.0. The van der Waals surface area contributed by atoms with Gasteiger partial charge >= 0.3 is 0 Å². The fraction of sp³-hybridized carbons (Fsp3) is 0.857. The Morgan fingerprint density at radius 2 is 2.10 bits per heavy atom. The molecule has 1 aliphatic heterocycles. The Kier molecular flexibility index (Phi) is 4.63. The maximum absolute atomic E-state index is 9.92. The highest BCUT2D eigenvalue weighted by Gasteiger charge is 2.34. The van der Waals surface area contributed by atoms with Crippen LogP contribution in [0.1, 0.15) is 55.8 Å². The minimum atomic E-state index is -0.371. The second kappa shape index (κ2) is 6.45. The number of ether oxygens (including phenoxy) is 1. The van der Waals surface area contributed by atoms with Crippen LogP contribution in [-0.4, -0.2) is 40.0 Å². The number of nitrogens with zero attached hydrogens (tertiary/aromatic N) is 2. The molecule has 112 valence electrons. The van der Waals surface area contributed by atoms with Crippen molar-refractivity contribution in [1.29, 1.82) is 0 Å². The van der Waals surface area contributed by atoms with Gasteiger partial charge in [0.2, 0.25) is 11.7 Å². The number of aliphatic hydroxyl groups is 1. The number of aliphatic hydroxyl groups excluding tert-OH is 1. The molecule has 0 bridgehead atoms. The monoisotopic (exact) mass is 298 g/mol. The normalized spacial score (nSPS) is 29.7. The van der Waals surface area contributed by atoms with E-state index in [4.69, 9.17) is 9.26 Å². The van der Waals surface area contributed by atoms with Crippen LogP contribution in [0.2, 0.25) is 0 Å². The smallest absolute Gasteiger partial charge is 0.233 e. The van der Waals surface area contributed by atoms with E-state index in [1.54, 1.807) is 18.9 Å². The van der Waals surface area contributed by atoms with Gasteiger partial charge in [0.25, 0.3) is 0 Å². The fourth-order valence-corrected chi connectivity index (χ4v) is 4.47. The van der Waals surface area contributed by atoms with Crippen LogP contribution < -0.4 is 0 Å². The van der Waals surface area contributed by atoms with E-state index in [1.165, 1.54) is 32.1 Å². The van der Waals surface area contributed by atoms with Crippen molar-refractivity contribution in [3.63, 3.8) is 0 Å². The van der Waals surface area contributed by atoms with E-state index in [0.717, 1.165) is 11.5 Å². The predicted octanol–water partition coefficient (Wildman–Crippen LogP) is 2.53. The minimum absolute atomic E-state index is 0.0230. The zero-order valence-corrected chi connectivity index (χ0v) is 12.6. The zero-order chi connectivity index (χ0) is 13.9. The van der Waals surface area contributed by atoms with E-state index in [0.29, 0.717) is 17.6 Å². The minimum Gasteiger partial charge on any atom is -0.391 e. The molecule has 0 amide bonds. The topological polar surface area (TPSA) is 68.4 Å². The van der Waals surface area contributed by atoms with Crippen LogP contribution in [0.25, 0.3) is 0 Å². The van der Waals surface area contributed by atoms with Crippen LogP contribution in [0.3, 0.4) is 0 Å². The lowest BCUT2D eigenvalue weighted by Crippen LogP contribution is -2.20. The molecule has 1 saturated heterocycles. The fourth-order valence-electron chi connectivity index (χ4n) is 3.24. The molecule has 1 N–H and O–H groups in total. The third-order valence-corrected chi connectivity index (χ3v) is 5.58. The van der Waals surface area contributed by atoms with E-state index in [2.05, 4.69) is 10.1 Å². The second-order valence-electron chi connectivity index (χ2n) is 5.76. The molecule has 0 radical (unpaired) electrons. The van der Waals surface area contributed by atoms with Gasteiger partial charge in [-0.05, 0) is 18.8 Å². The van der Waals surface area contributed by atoms with Gasteiger partial charge in [0.15, 0.2) is 0 Å². The van der Waals surface area contributed by atoms with Gasteiger partial charge < -0.3 is 14.4 Å². The van der Waals surface area contributed by atoms with Gasteiger partial charge in [-0.1, -0.05) is 24.4 Å². The second-order valence-corrected chi connectivity index (χ2v) is 6.83. The van der Waals surface area contributed by atoms with Crippen LogP contribution >= 0.6 is 11.8 Å². The summed E-state index contributed by atoms with van der Waals surface area (Å²) in [5.74, 6) is 3.28. The Morgan fingerprint density at radius 1 is 1.30 bits per heavy atom. The maximum atomic E-state index is 9.92. The third-order valence-electron chi connectivity index (χ3n) is 4.41. The SMILES string of the molecule is COC(c1noc(C2CSCC2O)n1)C1CCCCC1. The molecule has 2 heterocycles. The van der Waals surface area contributed by atoms with Crippen molar-refractivity contribution in [2.45, 2.75) is 50.2 Å². The van der Waals surface area contributed by atoms with Crippen LogP contribution in [0.15, 0.2) is 4.52 Å². The Morgan fingerprint density at radius 3 is 2.75 bits per heavy atom. The molecule has 1 saturated carbocycles. The van der Waals surface area contributed by atoms with Gasteiger partial charge in [0.05, 0.1) is 12.0 Å². The van der Waals surface area contributed by atoms with Crippen molar-refractivity contribution in [2.24, 2.45) is 5.92 Å². The number of hydrogen-bond acceptors (Lipinski definition) is 6. The maximum Gasteiger partial charge on any atom is 0.233 e. The van der Waals surface area contributed by atoms with Gasteiger partial charge in [-0.25, -0.2) is 0 Å². The van der Waals surface area contributed by atoms with Gasteiger partial charge in [-0.3, -0.25) is 0 Å². The van der Waals surface area contributed by atoms with Gasteiger partial charge in [0.1, 0.15) is 6.10 Å². The van der Waals surface area contributed by atoms with Crippen LogP contribution in [0.4, 0.5) is 0 Å². The van der Waals surface area contributed by atoms with Crippen molar-refractivity contribution in [1.82, 2.24) is 10.1 Å². The first-order chi connectivity index (χ1) is 9.79. The number of rotatable bonds is 4. The molecular formula is C14H22N2O3S. The third kappa shape index (κ3) is 2.87. The average molecular weight is 298 g/mol. The van der Waals surface area contributed by atoms with Gasteiger partial charge in [0, 0.05) is 18.6 Å². The molecule has 0 aromatic carbocycles. The lowest BCUT2D eigenvalue weighted by molar-refractivity contribution is 0.0273. The molecule has 3 rings (SSSR count). The molecule has 20 heavy (non-hydrogen) atoms. The largest absolute Gasteiger partial charge is 0.391 e. The molecule has 2 fully saturated rings. The highest BCUT2D eigenvalue weighted by atomic mass is 32.2. The van der Waals surface area contributed by atoms with E-state index in [1.807, 2.05) is 0 Å². The first-order valence-corrected chi connectivity index (χ1v) is 8.57. The Hall–Kier alpha value is -0.590. The number of hydrogen-bond donors (Lipinski definition) is 1. The lowest BCUT2D eigenvalue weighted by Gasteiger charge is -2.26. The van der Waals surface area contributed by atoms with E-state index < -0.39 is 0 Å². The molecule has 3 unspecified atom stereocenters. The first kappa shape index (κ1) is 14.4. The van der Waals surface area contributed by atoms with Crippen molar-refractivity contribution >= 4 is 11.8 Å². The molecule has 2 aliphatic rings. The molecule has 1 aliphatic carbocycles. The summed E-state index contributed by atoms with van der Waals surface area (Å²) in [6.07, 6.45) is 5.73. The molecule has 5 nitrogen and oxygen atoms in total. The molecule has 6 heteroatoms. The number of thioether (sulfide) groups is 1. The Labute approximate surface area is 123 Å². The van der Waals surface area contributed by atoms with Gasteiger partial charge in [-0.15, -0.1) is 0 Å². The van der Waals surface area contributed by atoms with Crippen LogP contribution in [0, 0.1) is 5.92 Å². The summed E-state index contributed by atoms with van der Waals surface area (Å²) < 4.78 is 11.0. The average Bonchev–Trinajstić information content (AvgIpc) is 3.10. The molecule has 1 aromatic heterocycles. The lowest BCUT2D eigenvalue weighted by atomic mass is 9.85. The highest BCUT2D eigenvalue weighted by molar-refractivity contribution is 7.99. The van der Waals surface area contributed by atoms with Crippen LogP contribution in [-0.2, 0) is 4.74 Å². The number of methoxy groups -OCH3 is 1. The summed E-state index contributed by atoms with van der Waals surface area (Å²) in [6.45, 7) is 0. The van der Waals surface area contributed by atoms with Crippen molar-refractivity contribution in [3.05, 3.63) is 11.7 Å². The summed E-state index contributed by atoms with van der Waals surface area (Å²) in [4.78, 5) is 4.51. The van der Waals surface area contributed by atoms with Crippen LogP contribution in [0.5, 0.6) is 0 Å². The molecule has 0 spiro atoms. The summed E-state index contributed by atoms with van der Waals surface area (Å²) in [6, 6.07) is 0. The van der Waals surface area contributed by atoms with E-state index in [9.17, 15) is 5.11 Å². The van der Waals surface area contributed by atoms with Crippen molar-refractivity contribution < 1.29 is 14.4 Å².